The summed E-state index contributed by atoms with van der Waals surface area (Å²) in [6.45, 7) is -0.783. The zero-order chi connectivity index (χ0) is 19.6. The number of rotatable bonds is 6. The molecule has 27 heavy (non-hydrogen) atoms. The van der Waals surface area contributed by atoms with Crippen molar-refractivity contribution in [2.75, 3.05) is 6.54 Å². The molecule has 0 aliphatic carbocycles. The molecule has 0 radical (unpaired) electrons. The smallest absolute Gasteiger partial charge is 0.320 e. The van der Waals surface area contributed by atoms with Crippen LogP contribution in [0, 0.1) is 0 Å². The molecule has 0 unspecified atom stereocenters. The summed E-state index contributed by atoms with van der Waals surface area (Å²) in [5, 5.41) is 3.65. The van der Waals surface area contributed by atoms with Crippen LogP contribution in [0.25, 0.3) is 11.0 Å². The van der Waals surface area contributed by atoms with Gasteiger partial charge in [-0.2, -0.15) is 8.78 Å². The van der Waals surface area contributed by atoms with E-state index in [1.807, 2.05) is 0 Å². The van der Waals surface area contributed by atoms with E-state index in [0.29, 0.717) is 26.6 Å². The fourth-order valence-corrected chi connectivity index (χ4v) is 3.35. The largest absolute Gasteiger partial charge is 0.355 e. The minimum atomic E-state index is -2.71. The standard InChI is InChI=1S/C19H17Cl2F2N3O/c1-11(10-24-17(27)8-12-6-7-13(20)9-14(12)21)18-25-15-4-2-3-5-16(15)26(18)19(22)23/h2-7,9,11,19H,8,10H2,1H3,(H,24,27)/t11-/m0/s1. The van der Waals surface area contributed by atoms with E-state index >= 15 is 0 Å². The van der Waals surface area contributed by atoms with Gasteiger partial charge in [0.15, 0.2) is 0 Å². The number of alkyl halides is 2. The molecule has 0 spiro atoms. The highest BCUT2D eigenvalue weighted by Crippen LogP contribution is 2.27. The highest BCUT2D eigenvalue weighted by molar-refractivity contribution is 6.35. The highest BCUT2D eigenvalue weighted by Gasteiger charge is 2.22. The molecule has 0 bridgehead atoms. The van der Waals surface area contributed by atoms with Crippen LogP contribution in [0.3, 0.4) is 0 Å². The van der Waals surface area contributed by atoms with Crippen molar-refractivity contribution in [1.29, 1.82) is 0 Å². The Hall–Kier alpha value is -2.18. The van der Waals surface area contributed by atoms with Gasteiger partial charge in [-0.1, -0.05) is 48.3 Å². The number of halogens is 4. The quantitative estimate of drug-likeness (QED) is 0.605. The van der Waals surface area contributed by atoms with E-state index in [0.717, 1.165) is 4.57 Å². The summed E-state index contributed by atoms with van der Waals surface area (Å²) in [5.41, 5.74) is 1.51. The number of amides is 1. The van der Waals surface area contributed by atoms with Crippen molar-refractivity contribution in [2.24, 2.45) is 0 Å². The van der Waals surface area contributed by atoms with E-state index < -0.39 is 12.5 Å². The highest BCUT2D eigenvalue weighted by atomic mass is 35.5. The Labute approximate surface area is 165 Å². The Morgan fingerprint density at radius 2 is 1.96 bits per heavy atom. The maximum absolute atomic E-state index is 13.5. The van der Waals surface area contributed by atoms with E-state index in [-0.39, 0.29) is 24.7 Å². The Balaban J connectivity index is 1.70. The number of aromatic nitrogens is 2. The lowest BCUT2D eigenvalue weighted by molar-refractivity contribution is -0.120. The lowest BCUT2D eigenvalue weighted by atomic mass is 10.1. The second kappa shape index (κ2) is 8.23. The SMILES string of the molecule is C[C@@H](CNC(=O)Cc1ccc(Cl)cc1Cl)c1nc2ccccc2n1C(F)F. The summed E-state index contributed by atoms with van der Waals surface area (Å²) < 4.78 is 28.0. The molecule has 0 aliphatic heterocycles. The predicted octanol–water partition coefficient (Wildman–Crippen LogP) is 5.20. The Kier molecular flexibility index (Phi) is 5.97. The molecule has 1 atom stereocenters. The molecule has 1 heterocycles. The molecule has 1 amide bonds. The number of hydrogen-bond donors (Lipinski definition) is 1. The Morgan fingerprint density at radius 3 is 2.67 bits per heavy atom. The van der Waals surface area contributed by atoms with Crippen LogP contribution in [0.5, 0.6) is 0 Å². The van der Waals surface area contributed by atoms with Crippen molar-refractivity contribution in [3.8, 4) is 0 Å². The fraction of sp³-hybridized carbons (Fsp3) is 0.263. The van der Waals surface area contributed by atoms with Crippen LogP contribution in [-0.2, 0) is 11.2 Å². The molecule has 0 aliphatic rings. The molecule has 3 aromatic rings. The number of hydrogen-bond acceptors (Lipinski definition) is 2. The third kappa shape index (κ3) is 4.39. The molecular weight excluding hydrogens is 395 g/mol. The van der Waals surface area contributed by atoms with Gasteiger partial charge in [0.1, 0.15) is 5.82 Å². The molecule has 2 aromatic carbocycles. The van der Waals surface area contributed by atoms with Gasteiger partial charge in [0.05, 0.1) is 17.5 Å². The van der Waals surface area contributed by atoms with E-state index in [4.69, 9.17) is 23.2 Å². The number of para-hydroxylation sites is 2. The van der Waals surface area contributed by atoms with Gasteiger partial charge >= 0.3 is 6.55 Å². The van der Waals surface area contributed by atoms with Crippen LogP contribution in [0.15, 0.2) is 42.5 Å². The lowest BCUT2D eigenvalue weighted by Gasteiger charge is -2.15. The summed E-state index contributed by atoms with van der Waals surface area (Å²) in [6.07, 6.45) is 0.0774. The van der Waals surface area contributed by atoms with Crippen molar-refractivity contribution in [1.82, 2.24) is 14.9 Å². The monoisotopic (exact) mass is 411 g/mol. The van der Waals surface area contributed by atoms with Crippen LogP contribution >= 0.6 is 23.2 Å². The number of benzene rings is 2. The first-order valence-electron chi connectivity index (χ1n) is 8.32. The Morgan fingerprint density at radius 1 is 1.22 bits per heavy atom. The number of carbonyl (C=O) groups is 1. The Bertz CT molecular complexity index is 975. The summed E-state index contributed by atoms with van der Waals surface area (Å²) in [5.74, 6) is -0.419. The fourth-order valence-electron chi connectivity index (χ4n) is 2.87. The van der Waals surface area contributed by atoms with Gasteiger partial charge < -0.3 is 5.32 Å². The summed E-state index contributed by atoms with van der Waals surface area (Å²) in [4.78, 5) is 16.5. The molecule has 8 heteroatoms. The average molecular weight is 412 g/mol. The van der Waals surface area contributed by atoms with Crippen LogP contribution in [0.4, 0.5) is 8.78 Å². The molecule has 4 nitrogen and oxygen atoms in total. The molecule has 142 valence electrons. The number of nitrogens with one attached hydrogen (secondary N) is 1. The second-order valence-corrected chi connectivity index (χ2v) is 7.07. The number of carbonyl (C=O) groups excluding carboxylic acids is 1. The maximum Gasteiger partial charge on any atom is 0.320 e. The molecule has 1 N–H and O–H groups in total. The lowest BCUT2D eigenvalue weighted by Crippen LogP contribution is -2.30. The number of nitrogens with zero attached hydrogens (tertiary/aromatic N) is 2. The molecule has 1 aromatic heterocycles. The normalized spacial score (nSPS) is 12.5. The molecule has 3 rings (SSSR count). The van der Waals surface area contributed by atoms with Gasteiger partial charge in [-0.25, -0.2) is 4.98 Å². The predicted molar refractivity (Wildman–Crippen MR) is 103 cm³/mol. The minimum absolute atomic E-state index is 0.0774. The van der Waals surface area contributed by atoms with Crippen LogP contribution in [0.2, 0.25) is 10.0 Å². The van der Waals surface area contributed by atoms with Gasteiger partial charge in [-0.3, -0.25) is 9.36 Å². The zero-order valence-electron chi connectivity index (χ0n) is 14.4. The zero-order valence-corrected chi connectivity index (χ0v) is 15.9. The summed E-state index contributed by atoms with van der Waals surface area (Å²) >= 11 is 11.9. The van der Waals surface area contributed by atoms with Crippen molar-refractivity contribution in [3.63, 3.8) is 0 Å². The second-order valence-electron chi connectivity index (χ2n) is 6.22. The van der Waals surface area contributed by atoms with Gasteiger partial charge in [-0.05, 0) is 29.8 Å². The first kappa shape index (κ1) is 19.6. The van der Waals surface area contributed by atoms with Crippen molar-refractivity contribution >= 4 is 40.1 Å². The van der Waals surface area contributed by atoms with Crippen LogP contribution in [0.1, 0.15) is 30.8 Å². The molecule has 0 saturated heterocycles. The van der Waals surface area contributed by atoms with Gasteiger partial charge in [0.25, 0.3) is 0 Å². The van der Waals surface area contributed by atoms with Crippen molar-refractivity contribution < 1.29 is 13.6 Å². The van der Waals surface area contributed by atoms with Crippen molar-refractivity contribution in [2.45, 2.75) is 25.8 Å². The van der Waals surface area contributed by atoms with Crippen LogP contribution in [-0.4, -0.2) is 22.0 Å². The first-order chi connectivity index (χ1) is 12.9. The van der Waals surface area contributed by atoms with Crippen LogP contribution < -0.4 is 5.32 Å². The third-order valence-corrected chi connectivity index (χ3v) is 4.82. The van der Waals surface area contributed by atoms with Gasteiger partial charge in [0, 0.05) is 22.5 Å². The molecule has 0 fully saturated rings. The van der Waals surface area contributed by atoms with Crippen molar-refractivity contribution in [3.05, 3.63) is 63.9 Å². The maximum atomic E-state index is 13.5. The van der Waals surface area contributed by atoms with E-state index in [9.17, 15) is 13.6 Å². The summed E-state index contributed by atoms with van der Waals surface area (Å²) in [6, 6.07) is 11.6. The van der Waals surface area contributed by atoms with E-state index in [2.05, 4.69) is 10.3 Å². The van der Waals surface area contributed by atoms with Gasteiger partial charge in [0.2, 0.25) is 5.91 Å². The first-order valence-corrected chi connectivity index (χ1v) is 9.08. The number of fused-ring (bicyclic) bond motifs is 1. The average Bonchev–Trinajstić information content (AvgIpc) is 3.02. The summed E-state index contributed by atoms with van der Waals surface area (Å²) in [7, 11) is 0. The van der Waals surface area contributed by atoms with E-state index in [1.54, 1.807) is 49.4 Å². The third-order valence-electron chi connectivity index (χ3n) is 4.23. The minimum Gasteiger partial charge on any atom is -0.355 e. The van der Waals surface area contributed by atoms with Gasteiger partial charge in [-0.15, -0.1) is 0 Å². The van der Waals surface area contributed by atoms with E-state index in [1.165, 1.54) is 0 Å². The molecule has 0 saturated carbocycles. The molecular formula is C19H17Cl2F2N3O. The topological polar surface area (TPSA) is 46.9 Å². The number of imidazole rings is 1.